The van der Waals surface area contributed by atoms with E-state index in [2.05, 4.69) is 12.1 Å². The molecule has 2 rings (SSSR count). The van der Waals surface area contributed by atoms with Crippen molar-refractivity contribution in [3.63, 3.8) is 0 Å². The lowest BCUT2D eigenvalue weighted by Gasteiger charge is -2.22. The van der Waals surface area contributed by atoms with Crippen LogP contribution in [0.4, 0.5) is 0 Å². The van der Waals surface area contributed by atoms with Crippen molar-refractivity contribution in [3.05, 3.63) is 34.9 Å². The molecule has 1 aromatic rings. The zero-order valence-electron chi connectivity index (χ0n) is 7.50. The molecule has 1 atom stereocenters. The van der Waals surface area contributed by atoms with Gasteiger partial charge in [0.1, 0.15) is 0 Å². The SMILES string of the molecule is Clc1ccccc1C1CCCCS1. The summed E-state index contributed by atoms with van der Waals surface area (Å²) in [5.74, 6) is 1.29. The van der Waals surface area contributed by atoms with E-state index in [4.69, 9.17) is 11.6 Å². The van der Waals surface area contributed by atoms with Crippen LogP contribution in [0.15, 0.2) is 24.3 Å². The Morgan fingerprint density at radius 3 is 2.77 bits per heavy atom. The van der Waals surface area contributed by atoms with Gasteiger partial charge in [-0.3, -0.25) is 0 Å². The Morgan fingerprint density at radius 2 is 2.08 bits per heavy atom. The molecule has 0 radical (unpaired) electrons. The van der Waals surface area contributed by atoms with E-state index in [-0.39, 0.29) is 0 Å². The summed E-state index contributed by atoms with van der Waals surface area (Å²) >= 11 is 8.19. The van der Waals surface area contributed by atoms with Crippen LogP contribution in [0.25, 0.3) is 0 Å². The van der Waals surface area contributed by atoms with Gasteiger partial charge in [-0.15, -0.1) is 0 Å². The molecule has 1 aliphatic heterocycles. The van der Waals surface area contributed by atoms with Crippen LogP contribution in [0.5, 0.6) is 0 Å². The second-order valence-electron chi connectivity index (χ2n) is 3.38. The van der Waals surface area contributed by atoms with Crippen molar-refractivity contribution in [1.82, 2.24) is 0 Å². The summed E-state index contributed by atoms with van der Waals surface area (Å²) in [4.78, 5) is 0. The monoisotopic (exact) mass is 212 g/mol. The lowest BCUT2D eigenvalue weighted by atomic mass is 10.1. The summed E-state index contributed by atoms with van der Waals surface area (Å²) in [5.41, 5.74) is 1.33. The van der Waals surface area contributed by atoms with Crippen LogP contribution in [0, 0.1) is 0 Å². The Hall–Kier alpha value is -0.140. The molecular formula is C11H13ClS. The van der Waals surface area contributed by atoms with Crippen LogP contribution in [-0.2, 0) is 0 Å². The molecule has 2 heteroatoms. The first-order valence-electron chi connectivity index (χ1n) is 4.74. The molecule has 0 aromatic heterocycles. The standard InChI is InChI=1S/C11H13ClS/c12-10-6-2-1-5-9(10)11-7-3-4-8-13-11/h1-2,5-6,11H,3-4,7-8H2. The van der Waals surface area contributed by atoms with Crippen LogP contribution in [-0.4, -0.2) is 5.75 Å². The predicted octanol–water partition coefficient (Wildman–Crippen LogP) is 4.30. The van der Waals surface area contributed by atoms with Crippen molar-refractivity contribution in [1.29, 1.82) is 0 Å². The van der Waals surface area contributed by atoms with E-state index in [0.717, 1.165) is 5.02 Å². The summed E-state index contributed by atoms with van der Waals surface area (Å²) in [6.07, 6.45) is 4.00. The Morgan fingerprint density at radius 1 is 1.23 bits per heavy atom. The third-order valence-electron chi connectivity index (χ3n) is 2.43. The minimum atomic E-state index is 0.641. The normalized spacial score (nSPS) is 23.0. The molecule has 0 saturated carbocycles. The summed E-state index contributed by atoms with van der Waals surface area (Å²) < 4.78 is 0. The fraction of sp³-hybridized carbons (Fsp3) is 0.455. The lowest BCUT2D eigenvalue weighted by molar-refractivity contribution is 0.686. The molecule has 1 aliphatic rings. The van der Waals surface area contributed by atoms with Gasteiger partial charge in [0.15, 0.2) is 0 Å². The largest absolute Gasteiger partial charge is 0.154 e. The minimum absolute atomic E-state index is 0.641. The highest BCUT2D eigenvalue weighted by molar-refractivity contribution is 7.99. The molecule has 0 spiro atoms. The van der Waals surface area contributed by atoms with E-state index in [1.54, 1.807) is 0 Å². The van der Waals surface area contributed by atoms with Crippen molar-refractivity contribution >= 4 is 23.4 Å². The maximum absolute atomic E-state index is 6.14. The third kappa shape index (κ3) is 2.21. The van der Waals surface area contributed by atoms with Crippen LogP contribution >= 0.6 is 23.4 Å². The van der Waals surface area contributed by atoms with E-state index in [9.17, 15) is 0 Å². The topological polar surface area (TPSA) is 0 Å². The number of hydrogen-bond acceptors (Lipinski definition) is 1. The quantitative estimate of drug-likeness (QED) is 0.669. The first-order valence-corrected chi connectivity index (χ1v) is 6.16. The van der Waals surface area contributed by atoms with Crippen molar-refractivity contribution in [2.24, 2.45) is 0 Å². The first kappa shape index (κ1) is 9.42. The average molecular weight is 213 g/mol. The molecule has 13 heavy (non-hydrogen) atoms. The lowest BCUT2D eigenvalue weighted by Crippen LogP contribution is -2.02. The Balaban J connectivity index is 2.18. The fourth-order valence-corrected chi connectivity index (χ4v) is 3.43. The van der Waals surface area contributed by atoms with E-state index in [1.807, 2.05) is 23.9 Å². The van der Waals surface area contributed by atoms with Gasteiger partial charge >= 0.3 is 0 Å². The Kier molecular flexibility index (Phi) is 3.18. The highest BCUT2D eigenvalue weighted by atomic mass is 35.5. The van der Waals surface area contributed by atoms with Gasteiger partial charge in [-0.05, 0) is 30.2 Å². The van der Waals surface area contributed by atoms with Crippen LogP contribution in [0.2, 0.25) is 5.02 Å². The minimum Gasteiger partial charge on any atom is -0.154 e. The molecule has 70 valence electrons. The van der Waals surface area contributed by atoms with Gasteiger partial charge in [-0.2, -0.15) is 11.8 Å². The van der Waals surface area contributed by atoms with E-state index in [0.29, 0.717) is 5.25 Å². The number of halogens is 1. The van der Waals surface area contributed by atoms with Gasteiger partial charge < -0.3 is 0 Å². The highest BCUT2D eigenvalue weighted by Gasteiger charge is 2.17. The molecule has 1 unspecified atom stereocenters. The van der Waals surface area contributed by atoms with Crippen LogP contribution < -0.4 is 0 Å². The molecule has 0 bridgehead atoms. The van der Waals surface area contributed by atoms with E-state index < -0.39 is 0 Å². The number of hydrogen-bond donors (Lipinski definition) is 0. The molecule has 0 nitrogen and oxygen atoms in total. The zero-order valence-corrected chi connectivity index (χ0v) is 9.07. The summed E-state index contributed by atoms with van der Waals surface area (Å²) in [6.45, 7) is 0. The van der Waals surface area contributed by atoms with Gasteiger partial charge in [0, 0.05) is 10.3 Å². The average Bonchev–Trinajstić information content (AvgIpc) is 2.20. The fourth-order valence-electron chi connectivity index (χ4n) is 1.72. The Labute approximate surface area is 88.7 Å². The summed E-state index contributed by atoms with van der Waals surface area (Å²) in [7, 11) is 0. The smallest absolute Gasteiger partial charge is 0.0449 e. The number of rotatable bonds is 1. The van der Waals surface area contributed by atoms with Gasteiger partial charge in [0.05, 0.1) is 0 Å². The molecule has 0 aliphatic carbocycles. The molecule has 0 N–H and O–H groups in total. The van der Waals surface area contributed by atoms with Crippen molar-refractivity contribution in [2.75, 3.05) is 5.75 Å². The summed E-state index contributed by atoms with van der Waals surface area (Å²) in [6, 6.07) is 8.23. The Bertz CT molecular complexity index is 279. The third-order valence-corrected chi connectivity index (χ3v) is 4.19. The molecule has 1 aromatic carbocycles. The van der Waals surface area contributed by atoms with Crippen LogP contribution in [0.1, 0.15) is 30.1 Å². The first-order chi connectivity index (χ1) is 6.38. The molecule has 0 amide bonds. The van der Waals surface area contributed by atoms with Crippen LogP contribution in [0.3, 0.4) is 0 Å². The predicted molar refractivity (Wildman–Crippen MR) is 60.5 cm³/mol. The van der Waals surface area contributed by atoms with Gasteiger partial charge in [-0.1, -0.05) is 36.2 Å². The van der Waals surface area contributed by atoms with Gasteiger partial charge in [0.25, 0.3) is 0 Å². The maximum Gasteiger partial charge on any atom is 0.0449 e. The van der Waals surface area contributed by atoms with E-state index >= 15 is 0 Å². The second-order valence-corrected chi connectivity index (χ2v) is 5.09. The molecule has 1 heterocycles. The molecular weight excluding hydrogens is 200 g/mol. The second kappa shape index (κ2) is 4.39. The maximum atomic E-state index is 6.14. The highest BCUT2D eigenvalue weighted by Crippen LogP contribution is 2.40. The number of thioether (sulfide) groups is 1. The van der Waals surface area contributed by atoms with E-state index in [1.165, 1.54) is 30.6 Å². The van der Waals surface area contributed by atoms with Crippen molar-refractivity contribution in [3.8, 4) is 0 Å². The van der Waals surface area contributed by atoms with Gasteiger partial charge in [0.2, 0.25) is 0 Å². The number of benzene rings is 1. The van der Waals surface area contributed by atoms with Gasteiger partial charge in [-0.25, -0.2) is 0 Å². The molecule has 1 fully saturated rings. The van der Waals surface area contributed by atoms with Crippen molar-refractivity contribution < 1.29 is 0 Å². The zero-order chi connectivity index (χ0) is 9.10. The van der Waals surface area contributed by atoms with Crippen molar-refractivity contribution in [2.45, 2.75) is 24.5 Å². The molecule has 1 saturated heterocycles. The summed E-state index contributed by atoms with van der Waals surface area (Å²) in [5, 5.41) is 1.57.